The van der Waals surface area contributed by atoms with Gasteiger partial charge in [0, 0.05) is 47.9 Å². The highest BCUT2D eigenvalue weighted by Gasteiger charge is 2.45. The van der Waals surface area contributed by atoms with Crippen molar-refractivity contribution in [1.82, 2.24) is 4.90 Å². The second-order valence-corrected chi connectivity index (χ2v) is 10.8. The first kappa shape index (κ1) is 28.2. The maximum atomic E-state index is 13.7. The van der Waals surface area contributed by atoms with E-state index in [4.69, 9.17) is 10.5 Å². The average Bonchev–Trinajstić information content (AvgIpc) is 2.96. The highest BCUT2D eigenvalue weighted by molar-refractivity contribution is 5.89. The van der Waals surface area contributed by atoms with Crippen LogP contribution in [0, 0.1) is 11.8 Å². The molecule has 214 valence electrons. The number of ether oxygens (including phenoxy) is 1. The number of fused-ring (bicyclic) bond motifs is 3. The predicted octanol–water partition coefficient (Wildman–Crippen LogP) is 6.74. The molecule has 40 heavy (non-hydrogen) atoms. The van der Waals surface area contributed by atoms with Crippen molar-refractivity contribution in [2.24, 2.45) is 17.6 Å². The molecule has 0 saturated carbocycles. The van der Waals surface area contributed by atoms with Gasteiger partial charge in [-0.15, -0.1) is 0 Å². The van der Waals surface area contributed by atoms with Gasteiger partial charge >= 0.3 is 12.2 Å². The number of urea groups is 1. The van der Waals surface area contributed by atoms with Gasteiger partial charge in [-0.3, -0.25) is 0 Å². The van der Waals surface area contributed by atoms with Crippen molar-refractivity contribution in [3.63, 3.8) is 0 Å². The van der Waals surface area contributed by atoms with Crippen LogP contribution in [-0.4, -0.2) is 42.7 Å². The van der Waals surface area contributed by atoms with Crippen LogP contribution in [0.5, 0.6) is 0 Å². The van der Waals surface area contributed by atoms with Crippen LogP contribution in [0.25, 0.3) is 0 Å². The SMILES string of the molecule is NCCCCN(C[C@H]1CC[C@@H]2[C@H](O1)c1cc(C(F)(F)F)ccc1N[C@H]2C1C=CC=CC1)C(=O)Nc1ccccc1. The van der Waals surface area contributed by atoms with Crippen molar-refractivity contribution < 1.29 is 22.7 Å². The first-order valence-electron chi connectivity index (χ1n) is 14.1. The summed E-state index contributed by atoms with van der Waals surface area (Å²) in [6.45, 7) is 1.41. The van der Waals surface area contributed by atoms with E-state index >= 15 is 0 Å². The van der Waals surface area contributed by atoms with E-state index in [0.717, 1.165) is 31.7 Å². The quantitative estimate of drug-likeness (QED) is 0.316. The number of nitrogens with one attached hydrogen (secondary N) is 2. The summed E-state index contributed by atoms with van der Waals surface area (Å²) in [6.07, 6.45) is 7.01. The zero-order chi connectivity index (χ0) is 28.1. The molecule has 6 nitrogen and oxygen atoms in total. The number of benzene rings is 2. The molecule has 2 aromatic carbocycles. The molecule has 4 N–H and O–H groups in total. The van der Waals surface area contributed by atoms with Gasteiger partial charge in [0.1, 0.15) is 0 Å². The third-order valence-corrected chi connectivity index (χ3v) is 8.11. The van der Waals surface area contributed by atoms with Crippen LogP contribution in [0.15, 0.2) is 72.8 Å². The molecule has 0 spiro atoms. The predicted molar refractivity (Wildman–Crippen MR) is 151 cm³/mol. The number of amides is 2. The van der Waals surface area contributed by atoms with E-state index in [1.54, 1.807) is 4.90 Å². The number of carbonyl (C=O) groups is 1. The molecule has 2 amide bonds. The number of unbranched alkanes of at least 4 members (excludes halogenated alkanes) is 1. The number of anilines is 2. The van der Waals surface area contributed by atoms with Gasteiger partial charge in [0.05, 0.1) is 17.8 Å². The topological polar surface area (TPSA) is 79.6 Å². The van der Waals surface area contributed by atoms with E-state index < -0.39 is 17.8 Å². The fraction of sp³-hybridized carbons (Fsp3) is 0.452. The van der Waals surface area contributed by atoms with Crippen LogP contribution in [0.2, 0.25) is 0 Å². The van der Waals surface area contributed by atoms with Crippen LogP contribution in [0.3, 0.4) is 0 Å². The maximum absolute atomic E-state index is 13.7. The fourth-order valence-electron chi connectivity index (χ4n) is 6.09. The fourth-order valence-corrected chi connectivity index (χ4v) is 6.09. The number of halogens is 3. The first-order chi connectivity index (χ1) is 19.3. The smallest absolute Gasteiger partial charge is 0.381 e. The number of carbonyl (C=O) groups excluding carboxylic acids is 1. The standard InChI is InChI=1S/C31H37F3N4O2/c32-31(33,34)22-13-16-27-26(19-22)29-25(28(37-27)21-9-3-1-4-10-21)15-14-24(40-29)20-38(18-8-7-17-35)30(39)36-23-11-5-2-6-12-23/h1-6,9,11-13,16,19,21,24-25,28-29,37H,7-8,10,14-15,17-18,20,35H2,(H,36,39)/t21?,24-,25+,28+,29+/m1/s1. The van der Waals surface area contributed by atoms with E-state index in [0.29, 0.717) is 43.0 Å². The Bertz CT molecular complexity index is 1220. The third-order valence-electron chi connectivity index (χ3n) is 8.11. The average molecular weight is 555 g/mol. The molecule has 2 aromatic rings. The van der Waals surface area contributed by atoms with Crippen molar-refractivity contribution >= 4 is 17.4 Å². The summed E-state index contributed by atoms with van der Waals surface area (Å²) in [5.74, 6) is 0.231. The van der Waals surface area contributed by atoms with Crippen molar-refractivity contribution in [2.45, 2.75) is 56.5 Å². The maximum Gasteiger partial charge on any atom is 0.416 e. The van der Waals surface area contributed by atoms with Gasteiger partial charge in [-0.25, -0.2) is 4.79 Å². The van der Waals surface area contributed by atoms with E-state index in [1.807, 2.05) is 42.5 Å². The van der Waals surface area contributed by atoms with Crippen molar-refractivity contribution in [2.75, 3.05) is 30.3 Å². The number of rotatable bonds is 8. The molecule has 1 fully saturated rings. The molecule has 1 saturated heterocycles. The summed E-state index contributed by atoms with van der Waals surface area (Å²) in [4.78, 5) is 15.0. The highest BCUT2D eigenvalue weighted by atomic mass is 19.4. The largest absolute Gasteiger partial charge is 0.416 e. The molecule has 9 heteroatoms. The number of para-hydroxylation sites is 1. The van der Waals surface area contributed by atoms with Gasteiger partial charge in [0.15, 0.2) is 0 Å². The lowest BCUT2D eigenvalue weighted by Gasteiger charge is -2.48. The molecular weight excluding hydrogens is 517 g/mol. The molecule has 0 bridgehead atoms. The minimum atomic E-state index is -4.44. The van der Waals surface area contributed by atoms with Gasteiger partial charge < -0.3 is 26.0 Å². The van der Waals surface area contributed by atoms with Gasteiger partial charge in [-0.1, -0.05) is 42.5 Å². The zero-order valence-corrected chi connectivity index (χ0v) is 22.4. The van der Waals surface area contributed by atoms with Gasteiger partial charge in [0.2, 0.25) is 0 Å². The number of nitrogens with zero attached hydrogens (tertiary/aromatic N) is 1. The van der Waals surface area contributed by atoms with E-state index in [9.17, 15) is 18.0 Å². The molecule has 2 aliphatic heterocycles. The number of hydrogen-bond donors (Lipinski definition) is 3. The molecular formula is C31H37F3N4O2. The Hall–Kier alpha value is -3.30. The van der Waals surface area contributed by atoms with Crippen molar-refractivity contribution in [1.29, 1.82) is 0 Å². The summed E-state index contributed by atoms with van der Waals surface area (Å²) in [5.41, 5.74) is 6.94. The Morgan fingerprint density at radius 3 is 2.65 bits per heavy atom. The summed E-state index contributed by atoms with van der Waals surface area (Å²) in [5, 5.41) is 6.52. The first-order valence-corrected chi connectivity index (χ1v) is 14.1. The number of hydrogen-bond acceptors (Lipinski definition) is 4. The number of nitrogens with two attached hydrogens (primary N) is 1. The van der Waals surface area contributed by atoms with Crippen molar-refractivity contribution in [3.8, 4) is 0 Å². The second-order valence-electron chi connectivity index (χ2n) is 10.8. The second kappa shape index (κ2) is 12.5. The number of allylic oxidation sites excluding steroid dienone is 3. The van der Waals surface area contributed by atoms with Crippen LogP contribution >= 0.6 is 0 Å². The Balaban J connectivity index is 1.38. The third kappa shape index (κ3) is 6.53. The summed E-state index contributed by atoms with van der Waals surface area (Å²) in [6, 6.07) is 13.0. The molecule has 1 unspecified atom stereocenters. The Labute approximate surface area is 233 Å². The zero-order valence-electron chi connectivity index (χ0n) is 22.4. The highest BCUT2D eigenvalue weighted by Crippen LogP contribution is 2.49. The van der Waals surface area contributed by atoms with Crippen LogP contribution in [0.1, 0.15) is 49.3 Å². The van der Waals surface area contributed by atoms with Crippen LogP contribution in [-0.2, 0) is 10.9 Å². The summed E-state index contributed by atoms with van der Waals surface area (Å²) < 4.78 is 47.7. The van der Waals surface area contributed by atoms with Crippen molar-refractivity contribution in [3.05, 3.63) is 84.0 Å². The Morgan fingerprint density at radius 2 is 1.93 bits per heavy atom. The van der Waals surface area contributed by atoms with Crippen LogP contribution < -0.4 is 16.4 Å². The molecule has 5 rings (SSSR count). The Morgan fingerprint density at radius 1 is 1.10 bits per heavy atom. The monoisotopic (exact) mass is 554 g/mol. The normalized spacial score (nSPS) is 25.4. The van der Waals surface area contributed by atoms with Gasteiger partial charge in [-0.2, -0.15) is 13.2 Å². The molecule has 1 aliphatic carbocycles. The minimum Gasteiger partial charge on any atom is -0.381 e. The Kier molecular flexibility index (Phi) is 8.81. The molecule has 2 heterocycles. The number of alkyl halides is 3. The summed E-state index contributed by atoms with van der Waals surface area (Å²) in [7, 11) is 0. The molecule has 3 aliphatic rings. The molecule has 5 atom stereocenters. The van der Waals surface area contributed by atoms with Gasteiger partial charge in [-0.05, 0) is 69.0 Å². The van der Waals surface area contributed by atoms with E-state index in [-0.39, 0.29) is 30.0 Å². The van der Waals surface area contributed by atoms with Gasteiger partial charge in [0.25, 0.3) is 0 Å². The lowest BCUT2D eigenvalue weighted by molar-refractivity contribution is -0.138. The molecule has 0 aromatic heterocycles. The summed E-state index contributed by atoms with van der Waals surface area (Å²) >= 11 is 0. The lowest BCUT2D eigenvalue weighted by Crippen LogP contribution is -2.49. The minimum absolute atomic E-state index is 0.0113. The lowest BCUT2D eigenvalue weighted by atomic mass is 9.73. The van der Waals surface area contributed by atoms with E-state index in [1.165, 1.54) is 12.1 Å². The van der Waals surface area contributed by atoms with Crippen LogP contribution in [0.4, 0.5) is 29.3 Å². The van der Waals surface area contributed by atoms with E-state index in [2.05, 4.69) is 22.8 Å². The molecule has 0 radical (unpaired) electrons.